The summed E-state index contributed by atoms with van der Waals surface area (Å²) in [5, 5.41) is 11.0. The number of nitro groups is 1. The SMILES string of the molecule is NC1CCN(Cc2ccc(Br)cc2[N+](=O)[O-])CC1. The number of piperidine rings is 1. The molecule has 1 aromatic rings. The maximum Gasteiger partial charge on any atom is 0.275 e. The van der Waals surface area contributed by atoms with Gasteiger partial charge in [-0.3, -0.25) is 15.0 Å². The molecule has 2 N–H and O–H groups in total. The number of nitrogens with two attached hydrogens (primary N) is 1. The van der Waals surface area contributed by atoms with E-state index in [0.29, 0.717) is 6.54 Å². The van der Waals surface area contributed by atoms with Crippen molar-refractivity contribution in [3.63, 3.8) is 0 Å². The van der Waals surface area contributed by atoms with Crippen LogP contribution >= 0.6 is 15.9 Å². The van der Waals surface area contributed by atoms with Crippen LogP contribution in [0.5, 0.6) is 0 Å². The highest BCUT2D eigenvalue weighted by Gasteiger charge is 2.20. The molecule has 18 heavy (non-hydrogen) atoms. The maximum absolute atomic E-state index is 11.0. The summed E-state index contributed by atoms with van der Waals surface area (Å²) < 4.78 is 0.735. The highest BCUT2D eigenvalue weighted by Crippen LogP contribution is 2.25. The molecule has 0 bridgehead atoms. The first-order valence-electron chi connectivity index (χ1n) is 5.97. The first kappa shape index (κ1) is 13.5. The molecular weight excluding hydrogens is 298 g/mol. The summed E-state index contributed by atoms with van der Waals surface area (Å²) >= 11 is 3.26. The van der Waals surface area contributed by atoms with Crippen LogP contribution in [0.4, 0.5) is 5.69 Å². The van der Waals surface area contributed by atoms with E-state index >= 15 is 0 Å². The van der Waals surface area contributed by atoms with Gasteiger partial charge in [-0.1, -0.05) is 15.9 Å². The van der Waals surface area contributed by atoms with Crippen molar-refractivity contribution in [3.8, 4) is 0 Å². The molecule has 1 fully saturated rings. The van der Waals surface area contributed by atoms with Gasteiger partial charge in [0.05, 0.1) is 4.92 Å². The average Bonchev–Trinajstić information content (AvgIpc) is 2.34. The number of nitrogens with zero attached hydrogens (tertiary/aromatic N) is 2. The molecular formula is C12H16BrN3O2. The highest BCUT2D eigenvalue weighted by atomic mass is 79.9. The zero-order valence-electron chi connectivity index (χ0n) is 10.0. The third-order valence-electron chi connectivity index (χ3n) is 3.27. The summed E-state index contributed by atoms with van der Waals surface area (Å²) in [5.41, 5.74) is 6.79. The van der Waals surface area contributed by atoms with E-state index < -0.39 is 0 Å². The fourth-order valence-corrected chi connectivity index (χ4v) is 2.54. The number of nitro benzene ring substituents is 1. The molecule has 1 aliphatic heterocycles. The highest BCUT2D eigenvalue weighted by molar-refractivity contribution is 9.10. The van der Waals surface area contributed by atoms with Crippen LogP contribution < -0.4 is 5.73 Å². The zero-order valence-corrected chi connectivity index (χ0v) is 11.6. The predicted octanol–water partition coefficient (Wildman–Crippen LogP) is 2.28. The van der Waals surface area contributed by atoms with Crippen LogP contribution in [0.1, 0.15) is 18.4 Å². The van der Waals surface area contributed by atoms with Crippen molar-refractivity contribution >= 4 is 21.6 Å². The van der Waals surface area contributed by atoms with Gasteiger partial charge < -0.3 is 5.73 Å². The zero-order chi connectivity index (χ0) is 13.1. The number of benzene rings is 1. The van der Waals surface area contributed by atoms with Gasteiger partial charge in [0.1, 0.15) is 0 Å². The van der Waals surface area contributed by atoms with Crippen LogP contribution in [-0.4, -0.2) is 29.0 Å². The Labute approximate surface area is 114 Å². The minimum atomic E-state index is -0.324. The van der Waals surface area contributed by atoms with Gasteiger partial charge in [-0.15, -0.1) is 0 Å². The Hall–Kier alpha value is -0.980. The lowest BCUT2D eigenvalue weighted by Gasteiger charge is -2.29. The van der Waals surface area contributed by atoms with Crippen molar-refractivity contribution in [1.29, 1.82) is 0 Å². The molecule has 6 heteroatoms. The van der Waals surface area contributed by atoms with E-state index in [1.54, 1.807) is 6.07 Å². The van der Waals surface area contributed by atoms with E-state index in [-0.39, 0.29) is 16.7 Å². The lowest BCUT2D eigenvalue weighted by atomic mass is 10.0. The molecule has 1 aliphatic rings. The van der Waals surface area contributed by atoms with Crippen LogP contribution in [0.25, 0.3) is 0 Å². The van der Waals surface area contributed by atoms with Gasteiger partial charge in [0.25, 0.3) is 5.69 Å². The van der Waals surface area contributed by atoms with E-state index in [2.05, 4.69) is 20.8 Å². The molecule has 0 saturated carbocycles. The number of hydrogen-bond acceptors (Lipinski definition) is 4. The van der Waals surface area contributed by atoms with Gasteiger partial charge in [-0.05, 0) is 38.1 Å². The van der Waals surface area contributed by atoms with E-state index in [4.69, 9.17) is 5.73 Å². The fourth-order valence-electron chi connectivity index (χ4n) is 2.19. The fraction of sp³-hybridized carbons (Fsp3) is 0.500. The maximum atomic E-state index is 11.0. The molecule has 5 nitrogen and oxygen atoms in total. The summed E-state index contributed by atoms with van der Waals surface area (Å²) in [6, 6.07) is 5.50. The normalized spacial score (nSPS) is 17.9. The van der Waals surface area contributed by atoms with Crippen molar-refractivity contribution in [2.24, 2.45) is 5.73 Å². The van der Waals surface area contributed by atoms with Crippen molar-refractivity contribution in [3.05, 3.63) is 38.3 Å². The molecule has 0 aliphatic carbocycles. The summed E-state index contributed by atoms with van der Waals surface area (Å²) in [6.45, 7) is 2.44. The van der Waals surface area contributed by atoms with Gasteiger partial charge in [-0.25, -0.2) is 0 Å². The largest absolute Gasteiger partial charge is 0.328 e. The lowest BCUT2D eigenvalue weighted by molar-refractivity contribution is -0.385. The van der Waals surface area contributed by atoms with Gasteiger partial charge >= 0.3 is 0 Å². The molecule has 0 spiro atoms. The second-order valence-corrected chi connectivity index (χ2v) is 5.56. The van der Waals surface area contributed by atoms with Gasteiger partial charge in [-0.2, -0.15) is 0 Å². The second-order valence-electron chi connectivity index (χ2n) is 4.64. The molecule has 1 saturated heterocycles. The number of hydrogen-bond donors (Lipinski definition) is 1. The third-order valence-corrected chi connectivity index (χ3v) is 3.76. The van der Waals surface area contributed by atoms with Crippen LogP contribution in [-0.2, 0) is 6.54 Å². The number of halogens is 1. The molecule has 0 atom stereocenters. The Morgan fingerprint density at radius 1 is 1.44 bits per heavy atom. The Kier molecular flexibility index (Phi) is 4.31. The molecule has 0 radical (unpaired) electrons. The molecule has 2 rings (SSSR count). The summed E-state index contributed by atoms with van der Waals surface area (Å²) in [6.07, 6.45) is 1.93. The molecule has 98 valence electrons. The summed E-state index contributed by atoms with van der Waals surface area (Å²) in [5.74, 6) is 0. The Bertz CT molecular complexity index is 445. The second kappa shape index (κ2) is 5.77. The van der Waals surface area contributed by atoms with Crippen molar-refractivity contribution in [1.82, 2.24) is 4.90 Å². The Morgan fingerprint density at radius 3 is 2.72 bits per heavy atom. The minimum Gasteiger partial charge on any atom is -0.328 e. The number of rotatable bonds is 3. The molecule has 0 unspecified atom stereocenters. The standard InChI is InChI=1S/C12H16BrN3O2/c13-10-2-1-9(12(7-10)16(17)18)8-15-5-3-11(14)4-6-15/h1-2,7,11H,3-6,8,14H2. The topological polar surface area (TPSA) is 72.4 Å². The molecule has 1 aromatic carbocycles. The van der Waals surface area contributed by atoms with E-state index in [1.807, 2.05) is 12.1 Å². The predicted molar refractivity (Wildman–Crippen MR) is 73.3 cm³/mol. The lowest BCUT2D eigenvalue weighted by Crippen LogP contribution is -2.39. The molecule has 0 amide bonds. The van der Waals surface area contributed by atoms with Crippen LogP contribution in [0.3, 0.4) is 0 Å². The van der Waals surface area contributed by atoms with E-state index in [9.17, 15) is 10.1 Å². The van der Waals surface area contributed by atoms with Crippen LogP contribution in [0.2, 0.25) is 0 Å². The summed E-state index contributed by atoms with van der Waals surface area (Å²) in [4.78, 5) is 12.9. The monoisotopic (exact) mass is 313 g/mol. The van der Waals surface area contributed by atoms with Crippen molar-refractivity contribution in [2.75, 3.05) is 13.1 Å². The quantitative estimate of drug-likeness (QED) is 0.686. The minimum absolute atomic E-state index is 0.180. The van der Waals surface area contributed by atoms with Crippen LogP contribution in [0.15, 0.2) is 22.7 Å². The molecule has 0 aromatic heterocycles. The van der Waals surface area contributed by atoms with Gasteiger partial charge in [0, 0.05) is 28.7 Å². The van der Waals surface area contributed by atoms with E-state index in [0.717, 1.165) is 36.0 Å². The third kappa shape index (κ3) is 3.28. The average molecular weight is 314 g/mol. The number of likely N-dealkylation sites (tertiary alicyclic amines) is 1. The molecule has 1 heterocycles. The van der Waals surface area contributed by atoms with Gasteiger partial charge in [0.15, 0.2) is 0 Å². The Morgan fingerprint density at radius 2 is 2.11 bits per heavy atom. The van der Waals surface area contributed by atoms with E-state index in [1.165, 1.54) is 0 Å². The van der Waals surface area contributed by atoms with Crippen molar-refractivity contribution in [2.45, 2.75) is 25.4 Å². The summed E-state index contributed by atoms with van der Waals surface area (Å²) in [7, 11) is 0. The smallest absolute Gasteiger partial charge is 0.275 e. The first-order valence-corrected chi connectivity index (χ1v) is 6.76. The van der Waals surface area contributed by atoms with Crippen molar-refractivity contribution < 1.29 is 4.92 Å². The first-order chi connectivity index (χ1) is 8.56. The van der Waals surface area contributed by atoms with Gasteiger partial charge in [0.2, 0.25) is 0 Å². The Balaban J connectivity index is 2.11. The van der Waals surface area contributed by atoms with Crippen LogP contribution in [0, 0.1) is 10.1 Å².